The summed E-state index contributed by atoms with van der Waals surface area (Å²) in [6, 6.07) is 5.16. The summed E-state index contributed by atoms with van der Waals surface area (Å²) in [6.45, 7) is 10.0. The molecule has 1 aromatic carbocycles. The van der Waals surface area contributed by atoms with Crippen molar-refractivity contribution in [1.82, 2.24) is 25.1 Å². The van der Waals surface area contributed by atoms with Gasteiger partial charge >= 0.3 is 0 Å². The summed E-state index contributed by atoms with van der Waals surface area (Å²) in [5.41, 5.74) is 2.63. The number of hydrogen-bond acceptors (Lipinski definition) is 4. The number of hydrogen-bond donors (Lipinski definition) is 2. The number of fused-ring (bicyclic) bond motifs is 1. The molecule has 0 fully saturated rings. The van der Waals surface area contributed by atoms with E-state index in [-0.39, 0.29) is 11.8 Å². The summed E-state index contributed by atoms with van der Waals surface area (Å²) in [5, 5.41) is 6.24. The van der Waals surface area contributed by atoms with Crippen molar-refractivity contribution >= 4 is 23.4 Å². The van der Waals surface area contributed by atoms with Gasteiger partial charge in [-0.25, -0.2) is 4.98 Å². The van der Waals surface area contributed by atoms with Crippen LogP contribution in [-0.4, -0.2) is 52.9 Å². The Kier molecular flexibility index (Phi) is 6.76. The molecule has 1 aromatic heterocycles. The molecule has 0 aliphatic carbocycles. The lowest BCUT2D eigenvalue weighted by Gasteiger charge is -2.29. The number of imidazole rings is 1. The zero-order valence-corrected chi connectivity index (χ0v) is 19.9. The van der Waals surface area contributed by atoms with Gasteiger partial charge in [0.15, 0.2) is 5.69 Å². The molecule has 0 saturated heterocycles. The van der Waals surface area contributed by atoms with Crippen molar-refractivity contribution in [3.63, 3.8) is 0 Å². The average molecular weight is 446 g/mol. The number of aromatic nitrogens is 2. The van der Waals surface area contributed by atoms with Gasteiger partial charge in [-0.1, -0.05) is 44.5 Å². The maximum atomic E-state index is 13.4. The van der Waals surface area contributed by atoms with Gasteiger partial charge in [-0.2, -0.15) is 0 Å². The lowest BCUT2D eigenvalue weighted by Crippen LogP contribution is -2.53. The van der Waals surface area contributed by atoms with Crippen LogP contribution in [0.1, 0.15) is 48.9 Å². The van der Waals surface area contributed by atoms with Crippen LogP contribution in [0.4, 0.5) is 0 Å². The third-order valence-corrected chi connectivity index (χ3v) is 6.12. The molecule has 2 N–H and O–H groups in total. The van der Waals surface area contributed by atoms with Crippen LogP contribution in [-0.2, 0) is 17.9 Å². The zero-order chi connectivity index (χ0) is 22.9. The summed E-state index contributed by atoms with van der Waals surface area (Å²) in [7, 11) is 3.61. The van der Waals surface area contributed by atoms with Crippen LogP contribution in [0.2, 0.25) is 5.02 Å². The molecule has 3 rings (SSSR count). The van der Waals surface area contributed by atoms with Gasteiger partial charge in [-0.3, -0.25) is 9.59 Å². The SMILES string of the molecule is CNC(=O)C(NC(=O)c1nc(-c2ccc(C)c(Cl)c2)n2c1CN(C)CCC2)C(C)(C)C. The predicted molar refractivity (Wildman–Crippen MR) is 123 cm³/mol. The van der Waals surface area contributed by atoms with Gasteiger partial charge in [0, 0.05) is 30.7 Å². The van der Waals surface area contributed by atoms with Crippen molar-refractivity contribution in [2.75, 3.05) is 20.6 Å². The number of halogens is 1. The lowest BCUT2D eigenvalue weighted by molar-refractivity contribution is -0.124. The molecular weight excluding hydrogens is 414 g/mol. The van der Waals surface area contributed by atoms with Gasteiger partial charge in [-0.15, -0.1) is 0 Å². The van der Waals surface area contributed by atoms with Crippen molar-refractivity contribution in [2.24, 2.45) is 5.41 Å². The molecule has 2 aromatic rings. The summed E-state index contributed by atoms with van der Waals surface area (Å²) in [6.07, 6.45) is 0.955. The maximum Gasteiger partial charge on any atom is 0.272 e. The number of carbonyl (C=O) groups excluding carboxylic acids is 2. The first-order valence-corrected chi connectivity index (χ1v) is 11.0. The number of aryl methyl sites for hydroxylation is 1. The number of nitrogens with one attached hydrogen (secondary N) is 2. The van der Waals surface area contributed by atoms with E-state index >= 15 is 0 Å². The van der Waals surface area contributed by atoms with E-state index in [0.29, 0.717) is 17.3 Å². The van der Waals surface area contributed by atoms with Crippen LogP contribution in [0.3, 0.4) is 0 Å². The van der Waals surface area contributed by atoms with Crippen LogP contribution in [0, 0.1) is 12.3 Å². The second-order valence-corrected chi connectivity index (χ2v) is 9.73. The Balaban J connectivity index is 2.07. The van der Waals surface area contributed by atoms with Crippen molar-refractivity contribution in [3.05, 3.63) is 40.2 Å². The highest BCUT2D eigenvalue weighted by Gasteiger charge is 2.34. The first kappa shape index (κ1) is 23.3. The number of benzene rings is 1. The van der Waals surface area contributed by atoms with Crippen molar-refractivity contribution in [3.8, 4) is 11.4 Å². The molecule has 31 heavy (non-hydrogen) atoms. The topological polar surface area (TPSA) is 79.3 Å². The molecule has 8 heteroatoms. The van der Waals surface area contributed by atoms with Crippen molar-refractivity contribution in [1.29, 1.82) is 0 Å². The van der Waals surface area contributed by atoms with Crippen molar-refractivity contribution < 1.29 is 9.59 Å². The van der Waals surface area contributed by atoms with E-state index in [0.717, 1.165) is 42.2 Å². The Bertz CT molecular complexity index is 993. The van der Waals surface area contributed by atoms with E-state index in [1.165, 1.54) is 0 Å². The molecule has 1 atom stereocenters. The minimum absolute atomic E-state index is 0.228. The second kappa shape index (κ2) is 9.01. The molecular formula is C23H32ClN5O2. The molecule has 0 spiro atoms. The van der Waals surface area contributed by atoms with E-state index in [4.69, 9.17) is 16.6 Å². The molecule has 1 unspecified atom stereocenters. The highest BCUT2D eigenvalue weighted by atomic mass is 35.5. The summed E-state index contributed by atoms with van der Waals surface area (Å²) >= 11 is 6.37. The Morgan fingerprint density at radius 3 is 2.55 bits per heavy atom. The third kappa shape index (κ3) is 4.93. The number of carbonyl (C=O) groups is 2. The maximum absolute atomic E-state index is 13.4. The van der Waals surface area contributed by atoms with E-state index in [1.54, 1.807) is 7.05 Å². The van der Waals surface area contributed by atoms with Crippen LogP contribution >= 0.6 is 11.6 Å². The second-order valence-electron chi connectivity index (χ2n) is 9.32. The van der Waals surface area contributed by atoms with Gasteiger partial charge < -0.3 is 20.1 Å². The quantitative estimate of drug-likeness (QED) is 0.757. The van der Waals surface area contributed by atoms with Gasteiger partial charge in [0.05, 0.1) is 5.69 Å². The minimum atomic E-state index is -0.678. The number of rotatable bonds is 4. The molecule has 2 heterocycles. The van der Waals surface area contributed by atoms with Gasteiger partial charge in [0.1, 0.15) is 11.9 Å². The highest BCUT2D eigenvalue weighted by molar-refractivity contribution is 6.31. The molecule has 0 saturated carbocycles. The number of nitrogens with zero attached hydrogens (tertiary/aromatic N) is 3. The predicted octanol–water partition coefficient (Wildman–Crippen LogP) is 3.24. The Hall–Kier alpha value is -2.38. The number of amides is 2. The fourth-order valence-electron chi connectivity index (χ4n) is 3.87. The lowest BCUT2D eigenvalue weighted by atomic mass is 9.86. The summed E-state index contributed by atoms with van der Waals surface area (Å²) in [4.78, 5) is 32.8. The first-order chi connectivity index (χ1) is 14.5. The summed E-state index contributed by atoms with van der Waals surface area (Å²) in [5.74, 6) is 0.158. The van der Waals surface area contributed by atoms with Crippen LogP contribution in [0.25, 0.3) is 11.4 Å². The fourth-order valence-corrected chi connectivity index (χ4v) is 4.05. The molecule has 0 bridgehead atoms. The zero-order valence-electron chi connectivity index (χ0n) is 19.2. The largest absolute Gasteiger partial charge is 0.357 e. The monoisotopic (exact) mass is 445 g/mol. The molecule has 1 aliphatic heterocycles. The smallest absolute Gasteiger partial charge is 0.272 e. The van der Waals surface area contributed by atoms with E-state index in [9.17, 15) is 9.59 Å². The van der Waals surface area contributed by atoms with Crippen molar-refractivity contribution in [2.45, 2.75) is 53.2 Å². The molecule has 1 aliphatic rings. The van der Waals surface area contributed by atoms with Gasteiger partial charge in [-0.05, 0) is 44.0 Å². The van der Waals surface area contributed by atoms with E-state index in [2.05, 4.69) is 20.1 Å². The first-order valence-electron chi connectivity index (χ1n) is 10.6. The van der Waals surface area contributed by atoms with E-state index < -0.39 is 11.5 Å². The van der Waals surface area contributed by atoms with Crippen LogP contribution in [0.15, 0.2) is 18.2 Å². The molecule has 168 valence electrons. The fraction of sp³-hybridized carbons (Fsp3) is 0.522. The van der Waals surface area contributed by atoms with Gasteiger partial charge in [0.2, 0.25) is 5.91 Å². The normalized spacial score (nSPS) is 15.7. The molecule has 7 nitrogen and oxygen atoms in total. The minimum Gasteiger partial charge on any atom is -0.357 e. The Labute approximate surface area is 189 Å². The third-order valence-electron chi connectivity index (χ3n) is 5.71. The molecule has 0 radical (unpaired) electrons. The van der Waals surface area contributed by atoms with Crippen LogP contribution < -0.4 is 10.6 Å². The highest BCUT2D eigenvalue weighted by Crippen LogP contribution is 2.29. The van der Waals surface area contributed by atoms with E-state index in [1.807, 2.05) is 52.9 Å². The molecule has 2 amide bonds. The van der Waals surface area contributed by atoms with Crippen LogP contribution in [0.5, 0.6) is 0 Å². The summed E-state index contributed by atoms with van der Waals surface area (Å²) < 4.78 is 2.12. The Morgan fingerprint density at radius 2 is 1.94 bits per heavy atom. The van der Waals surface area contributed by atoms with Gasteiger partial charge in [0.25, 0.3) is 5.91 Å². The standard InChI is InChI=1S/C23H32ClN5O2/c1-14-8-9-15(12-16(14)24)20-26-18(17-13-28(6)10-7-11-29(17)20)21(30)27-19(22(31)25-5)23(2,3)4/h8-9,12,19H,7,10-11,13H2,1-6H3,(H,25,31)(H,27,30). The average Bonchev–Trinajstić information content (AvgIpc) is 2.93. The Morgan fingerprint density at radius 1 is 1.23 bits per heavy atom. The number of likely N-dealkylation sites (N-methyl/N-ethyl adjacent to an activating group) is 1.